The molecule has 0 bridgehead atoms. The van der Waals surface area contributed by atoms with E-state index in [0.717, 1.165) is 39.5 Å². The fourth-order valence-electron chi connectivity index (χ4n) is 3.99. The second-order valence-electron chi connectivity index (χ2n) is 8.65. The number of aromatic nitrogens is 4. The van der Waals surface area contributed by atoms with Gasteiger partial charge in [0.1, 0.15) is 23.1 Å². The lowest BCUT2D eigenvalue weighted by atomic mass is 10.0. The first kappa shape index (κ1) is 23.0. The Kier molecular flexibility index (Phi) is 6.08. The molecule has 0 spiro atoms. The number of rotatable bonds is 6. The molecule has 0 saturated heterocycles. The molecular formula is C28H26N6O2. The highest BCUT2D eigenvalue weighted by Crippen LogP contribution is 2.34. The zero-order chi connectivity index (χ0) is 25.2. The van der Waals surface area contributed by atoms with Crippen LogP contribution in [-0.2, 0) is 0 Å². The van der Waals surface area contributed by atoms with Crippen molar-refractivity contribution in [3.05, 3.63) is 90.1 Å². The number of imidazole rings is 1. The summed E-state index contributed by atoms with van der Waals surface area (Å²) in [6, 6.07) is 22.8. The molecule has 0 fully saturated rings. The van der Waals surface area contributed by atoms with Gasteiger partial charge in [-0.25, -0.2) is 14.5 Å². The van der Waals surface area contributed by atoms with Gasteiger partial charge in [-0.05, 0) is 61.5 Å². The number of amides is 1. The quantitative estimate of drug-likeness (QED) is 0.366. The van der Waals surface area contributed by atoms with Crippen molar-refractivity contribution in [1.29, 1.82) is 0 Å². The van der Waals surface area contributed by atoms with Crippen molar-refractivity contribution in [1.82, 2.24) is 19.6 Å². The third kappa shape index (κ3) is 4.48. The monoisotopic (exact) mass is 478 g/mol. The van der Waals surface area contributed by atoms with E-state index in [-0.39, 0.29) is 5.91 Å². The van der Waals surface area contributed by atoms with Crippen molar-refractivity contribution in [3.63, 3.8) is 0 Å². The molecule has 180 valence electrons. The highest BCUT2D eigenvalue weighted by Gasteiger charge is 2.19. The van der Waals surface area contributed by atoms with Gasteiger partial charge in [0.05, 0.1) is 12.8 Å². The van der Waals surface area contributed by atoms with E-state index in [2.05, 4.69) is 29.4 Å². The number of nitrogens with zero attached hydrogens (tertiary/aromatic N) is 5. The molecule has 2 aromatic carbocycles. The molecule has 1 amide bonds. The van der Waals surface area contributed by atoms with Crippen LogP contribution in [0.15, 0.2) is 79.0 Å². The maximum absolute atomic E-state index is 12.8. The van der Waals surface area contributed by atoms with Crippen molar-refractivity contribution in [2.24, 2.45) is 0 Å². The molecule has 0 aliphatic heterocycles. The molecule has 3 aromatic heterocycles. The van der Waals surface area contributed by atoms with Crippen molar-refractivity contribution < 1.29 is 9.53 Å². The topological polar surface area (TPSA) is 84.6 Å². The molecule has 0 saturated carbocycles. The molecule has 0 aliphatic rings. The third-order valence-electron chi connectivity index (χ3n) is 5.84. The molecule has 5 rings (SSSR count). The van der Waals surface area contributed by atoms with Crippen LogP contribution in [0, 0.1) is 6.92 Å². The van der Waals surface area contributed by atoms with Gasteiger partial charge in [0.2, 0.25) is 0 Å². The average Bonchev–Trinajstić information content (AvgIpc) is 3.28. The molecule has 3 heterocycles. The molecule has 1 N–H and O–H groups in total. The Morgan fingerprint density at radius 1 is 0.972 bits per heavy atom. The van der Waals surface area contributed by atoms with Gasteiger partial charge in [0.15, 0.2) is 5.65 Å². The Labute approximate surface area is 209 Å². The van der Waals surface area contributed by atoms with Crippen LogP contribution in [0.2, 0.25) is 0 Å². The maximum Gasteiger partial charge on any atom is 0.256 e. The number of hydrogen-bond acceptors (Lipinski definition) is 6. The first-order valence-electron chi connectivity index (χ1n) is 11.5. The maximum atomic E-state index is 12.8. The lowest BCUT2D eigenvalue weighted by molar-refractivity contribution is 0.102. The van der Waals surface area contributed by atoms with Crippen LogP contribution in [0.4, 0.5) is 11.6 Å². The minimum Gasteiger partial charge on any atom is -0.497 e. The van der Waals surface area contributed by atoms with Crippen molar-refractivity contribution in [2.75, 3.05) is 31.4 Å². The van der Waals surface area contributed by atoms with Crippen LogP contribution in [0.3, 0.4) is 0 Å². The second kappa shape index (κ2) is 9.50. The SMILES string of the molecule is COc1ccc(C(=O)Nc2cc(-c3c(-c4cccc(C)c4)nc4ccc(N(C)C)nn34)ccn2)cc1. The number of aryl methyl sites for hydroxylation is 1. The Morgan fingerprint density at radius 2 is 1.78 bits per heavy atom. The summed E-state index contributed by atoms with van der Waals surface area (Å²) in [7, 11) is 5.49. The summed E-state index contributed by atoms with van der Waals surface area (Å²) >= 11 is 0. The Morgan fingerprint density at radius 3 is 2.50 bits per heavy atom. The first-order chi connectivity index (χ1) is 17.4. The molecule has 0 atom stereocenters. The second-order valence-corrected chi connectivity index (χ2v) is 8.65. The lowest BCUT2D eigenvalue weighted by Gasteiger charge is -2.12. The van der Waals surface area contributed by atoms with E-state index in [1.807, 2.05) is 59.9 Å². The molecule has 5 aromatic rings. The summed E-state index contributed by atoms with van der Waals surface area (Å²) in [5.41, 5.74) is 5.83. The number of ether oxygens (including phenoxy) is 1. The number of pyridine rings is 1. The van der Waals surface area contributed by atoms with Crippen LogP contribution >= 0.6 is 0 Å². The number of hydrogen-bond donors (Lipinski definition) is 1. The fraction of sp³-hybridized carbons (Fsp3) is 0.143. The minimum absolute atomic E-state index is 0.257. The van der Waals surface area contributed by atoms with Gasteiger partial charge in [0, 0.05) is 37.0 Å². The van der Waals surface area contributed by atoms with Gasteiger partial charge in [-0.1, -0.05) is 23.8 Å². The standard InChI is InChI=1S/C28H26N6O2/c1-18-6-5-7-20(16-18)26-27(34-24(31-26)12-13-25(32-34)33(2)3)21-14-15-29-23(17-21)30-28(35)19-8-10-22(36-4)11-9-19/h5-17H,1-4H3,(H,29,30,35). The summed E-state index contributed by atoms with van der Waals surface area (Å²) in [6.45, 7) is 2.06. The number of fused-ring (bicyclic) bond motifs is 1. The lowest BCUT2D eigenvalue weighted by Crippen LogP contribution is -2.13. The average molecular weight is 479 g/mol. The van der Waals surface area contributed by atoms with Gasteiger partial charge < -0.3 is 15.0 Å². The molecule has 8 heteroatoms. The molecule has 0 unspecified atom stereocenters. The largest absolute Gasteiger partial charge is 0.497 e. The summed E-state index contributed by atoms with van der Waals surface area (Å²) < 4.78 is 7.02. The predicted molar refractivity (Wildman–Crippen MR) is 142 cm³/mol. The Balaban J connectivity index is 1.59. The third-order valence-corrected chi connectivity index (χ3v) is 5.84. The summed E-state index contributed by atoms with van der Waals surface area (Å²) in [5.74, 6) is 1.67. The van der Waals surface area contributed by atoms with E-state index in [4.69, 9.17) is 14.8 Å². The minimum atomic E-state index is -0.257. The number of carbonyl (C=O) groups is 1. The normalized spacial score (nSPS) is 10.9. The highest BCUT2D eigenvalue weighted by atomic mass is 16.5. The van der Waals surface area contributed by atoms with Crippen LogP contribution in [-0.4, -0.2) is 46.7 Å². The first-order valence-corrected chi connectivity index (χ1v) is 11.5. The smallest absolute Gasteiger partial charge is 0.256 e. The van der Waals surface area contributed by atoms with Crippen LogP contribution in [0.25, 0.3) is 28.2 Å². The molecule has 8 nitrogen and oxygen atoms in total. The van der Waals surface area contributed by atoms with E-state index in [9.17, 15) is 4.79 Å². The van der Waals surface area contributed by atoms with Gasteiger partial charge in [-0.2, -0.15) is 0 Å². The van der Waals surface area contributed by atoms with Gasteiger partial charge in [-0.3, -0.25) is 4.79 Å². The van der Waals surface area contributed by atoms with Gasteiger partial charge >= 0.3 is 0 Å². The summed E-state index contributed by atoms with van der Waals surface area (Å²) in [6.07, 6.45) is 1.67. The van der Waals surface area contributed by atoms with Crippen molar-refractivity contribution >= 4 is 23.2 Å². The predicted octanol–water partition coefficient (Wildman–Crippen LogP) is 5.09. The van der Waals surface area contributed by atoms with Crippen molar-refractivity contribution in [2.45, 2.75) is 6.92 Å². The van der Waals surface area contributed by atoms with E-state index in [1.165, 1.54) is 0 Å². The van der Waals surface area contributed by atoms with E-state index >= 15 is 0 Å². The van der Waals surface area contributed by atoms with Crippen LogP contribution in [0.1, 0.15) is 15.9 Å². The number of nitrogens with one attached hydrogen (secondary N) is 1. The van der Waals surface area contributed by atoms with E-state index in [1.54, 1.807) is 37.6 Å². The van der Waals surface area contributed by atoms with Gasteiger partial charge in [0.25, 0.3) is 5.91 Å². The van der Waals surface area contributed by atoms with Crippen LogP contribution < -0.4 is 15.0 Å². The molecule has 0 aliphatic carbocycles. The Hall–Kier alpha value is -4.72. The van der Waals surface area contributed by atoms with Crippen LogP contribution in [0.5, 0.6) is 5.75 Å². The zero-order valence-electron chi connectivity index (χ0n) is 20.6. The van der Waals surface area contributed by atoms with Crippen molar-refractivity contribution in [3.8, 4) is 28.3 Å². The number of carbonyl (C=O) groups excluding carboxylic acids is 1. The highest BCUT2D eigenvalue weighted by molar-refractivity contribution is 6.04. The van der Waals surface area contributed by atoms with Gasteiger partial charge in [-0.15, -0.1) is 5.10 Å². The number of benzene rings is 2. The van der Waals surface area contributed by atoms with E-state index < -0.39 is 0 Å². The molecule has 36 heavy (non-hydrogen) atoms. The molecule has 0 radical (unpaired) electrons. The van der Waals surface area contributed by atoms with E-state index in [0.29, 0.717) is 17.1 Å². The Bertz CT molecular complexity index is 1560. The fourth-order valence-corrected chi connectivity index (χ4v) is 3.99. The number of anilines is 2. The summed E-state index contributed by atoms with van der Waals surface area (Å²) in [4.78, 5) is 24.1. The zero-order valence-corrected chi connectivity index (χ0v) is 20.6. The summed E-state index contributed by atoms with van der Waals surface area (Å²) in [5, 5.41) is 7.73. The number of methoxy groups -OCH3 is 1. The molecular weight excluding hydrogens is 452 g/mol.